The number of para-hydroxylation sites is 1. The highest BCUT2D eigenvalue weighted by Crippen LogP contribution is 2.31. The van der Waals surface area contributed by atoms with Gasteiger partial charge in [0.05, 0.1) is 12.2 Å². The quantitative estimate of drug-likeness (QED) is 0.472. The lowest BCUT2D eigenvalue weighted by Gasteiger charge is -2.11. The van der Waals surface area contributed by atoms with E-state index in [1.807, 2.05) is 18.2 Å². The zero-order chi connectivity index (χ0) is 17.2. The van der Waals surface area contributed by atoms with Crippen molar-refractivity contribution in [2.75, 3.05) is 6.61 Å². The average molecular weight is 326 g/mol. The largest absolute Gasteiger partial charge is 0.504 e. The summed E-state index contributed by atoms with van der Waals surface area (Å²) in [5.41, 5.74) is 0.836. The van der Waals surface area contributed by atoms with Gasteiger partial charge in [-0.1, -0.05) is 75.4 Å². The van der Waals surface area contributed by atoms with Crippen molar-refractivity contribution in [3.8, 4) is 11.5 Å². The molecule has 128 valence electrons. The fourth-order valence-corrected chi connectivity index (χ4v) is 2.63. The van der Waals surface area contributed by atoms with E-state index < -0.39 is 0 Å². The van der Waals surface area contributed by atoms with Gasteiger partial charge in [-0.2, -0.15) is 0 Å². The maximum Gasteiger partial charge on any atom is 0.196 e. The molecule has 2 rings (SSSR count). The van der Waals surface area contributed by atoms with Gasteiger partial charge in [0.15, 0.2) is 17.3 Å². The molecule has 3 nitrogen and oxygen atoms in total. The lowest BCUT2D eigenvalue weighted by molar-refractivity contribution is 0.103. The van der Waals surface area contributed by atoms with Crippen LogP contribution in [-0.4, -0.2) is 17.5 Å². The number of phenols is 1. The van der Waals surface area contributed by atoms with Crippen molar-refractivity contribution in [2.45, 2.75) is 45.4 Å². The molecule has 0 aliphatic carbocycles. The van der Waals surface area contributed by atoms with Crippen molar-refractivity contribution in [1.29, 1.82) is 0 Å². The van der Waals surface area contributed by atoms with Gasteiger partial charge in [0.25, 0.3) is 0 Å². The molecule has 0 aromatic heterocycles. The summed E-state index contributed by atoms with van der Waals surface area (Å²) in [6.45, 7) is 2.76. The molecule has 0 saturated heterocycles. The molecule has 0 aliphatic heterocycles. The number of aromatic hydroxyl groups is 1. The first-order chi connectivity index (χ1) is 11.7. The Bertz CT molecular complexity index is 635. The fourth-order valence-electron chi connectivity index (χ4n) is 2.63. The molecule has 0 saturated carbocycles. The highest BCUT2D eigenvalue weighted by Gasteiger charge is 2.16. The third kappa shape index (κ3) is 5.12. The number of unbranched alkanes of at least 4 members (excludes halogenated alkanes) is 5. The zero-order valence-electron chi connectivity index (χ0n) is 14.3. The van der Waals surface area contributed by atoms with Crippen LogP contribution in [0.4, 0.5) is 0 Å². The molecule has 0 spiro atoms. The Morgan fingerprint density at radius 1 is 0.917 bits per heavy atom. The smallest absolute Gasteiger partial charge is 0.196 e. The summed E-state index contributed by atoms with van der Waals surface area (Å²) in [7, 11) is 0. The summed E-state index contributed by atoms with van der Waals surface area (Å²) in [4.78, 5) is 12.5. The molecule has 0 bridgehead atoms. The van der Waals surface area contributed by atoms with Crippen LogP contribution < -0.4 is 4.74 Å². The van der Waals surface area contributed by atoms with Crippen LogP contribution in [0, 0.1) is 0 Å². The maximum absolute atomic E-state index is 12.5. The van der Waals surface area contributed by atoms with Gasteiger partial charge in [0.2, 0.25) is 0 Å². The maximum atomic E-state index is 12.5. The van der Waals surface area contributed by atoms with E-state index >= 15 is 0 Å². The molecule has 0 fully saturated rings. The summed E-state index contributed by atoms with van der Waals surface area (Å²) in [6, 6.07) is 14.0. The van der Waals surface area contributed by atoms with Gasteiger partial charge in [-0.15, -0.1) is 0 Å². The first-order valence-corrected chi connectivity index (χ1v) is 8.78. The van der Waals surface area contributed by atoms with Crippen LogP contribution in [0.3, 0.4) is 0 Å². The molecule has 2 aromatic rings. The van der Waals surface area contributed by atoms with Gasteiger partial charge in [0, 0.05) is 5.56 Å². The first kappa shape index (κ1) is 18.1. The van der Waals surface area contributed by atoms with E-state index in [9.17, 15) is 9.90 Å². The average Bonchev–Trinajstić information content (AvgIpc) is 2.62. The van der Waals surface area contributed by atoms with Gasteiger partial charge in [-0.25, -0.2) is 0 Å². The van der Waals surface area contributed by atoms with E-state index in [1.165, 1.54) is 25.7 Å². The third-order valence-electron chi connectivity index (χ3n) is 4.04. The van der Waals surface area contributed by atoms with Crippen LogP contribution in [0.15, 0.2) is 48.5 Å². The van der Waals surface area contributed by atoms with Gasteiger partial charge < -0.3 is 9.84 Å². The Hall–Kier alpha value is -2.29. The minimum absolute atomic E-state index is 0.0719. The van der Waals surface area contributed by atoms with E-state index in [-0.39, 0.29) is 17.1 Å². The van der Waals surface area contributed by atoms with Crippen LogP contribution >= 0.6 is 0 Å². The van der Waals surface area contributed by atoms with Gasteiger partial charge >= 0.3 is 0 Å². The lowest BCUT2D eigenvalue weighted by Crippen LogP contribution is -2.04. The van der Waals surface area contributed by atoms with Crippen molar-refractivity contribution in [3.05, 3.63) is 59.7 Å². The van der Waals surface area contributed by atoms with Crippen molar-refractivity contribution in [2.24, 2.45) is 0 Å². The number of carbonyl (C=O) groups is 1. The first-order valence-electron chi connectivity index (χ1n) is 8.78. The molecular weight excluding hydrogens is 300 g/mol. The molecule has 0 unspecified atom stereocenters. The second-order valence-corrected chi connectivity index (χ2v) is 5.96. The van der Waals surface area contributed by atoms with Crippen LogP contribution in [0.2, 0.25) is 0 Å². The van der Waals surface area contributed by atoms with Crippen molar-refractivity contribution in [1.82, 2.24) is 0 Å². The molecular formula is C21H26O3. The van der Waals surface area contributed by atoms with E-state index in [2.05, 4.69) is 6.92 Å². The molecule has 24 heavy (non-hydrogen) atoms. The topological polar surface area (TPSA) is 46.5 Å². The predicted octanol–water partition coefficient (Wildman–Crippen LogP) is 5.36. The monoisotopic (exact) mass is 326 g/mol. The Kier molecular flexibility index (Phi) is 7.34. The van der Waals surface area contributed by atoms with Crippen LogP contribution in [0.25, 0.3) is 0 Å². The van der Waals surface area contributed by atoms with E-state index in [0.717, 1.165) is 12.8 Å². The zero-order valence-corrected chi connectivity index (χ0v) is 14.3. The number of phenolic OH excluding ortho intramolecular Hbond substituents is 1. The van der Waals surface area contributed by atoms with Crippen molar-refractivity contribution < 1.29 is 14.6 Å². The molecule has 3 heteroatoms. The van der Waals surface area contributed by atoms with Crippen LogP contribution in [-0.2, 0) is 0 Å². The highest BCUT2D eigenvalue weighted by molar-refractivity contribution is 6.11. The highest BCUT2D eigenvalue weighted by atomic mass is 16.5. The number of benzene rings is 2. The molecule has 0 amide bonds. The molecule has 2 aromatic carbocycles. The van der Waals surface area contributed by atoms with Gasteiger partial charge in [-0.3, -0.25) is 4.79 Å². The summed E-state index contributed by atoms with van der Waals surface area (Å²) in [5, 5.41) is 10.3. The number of hydrogen-bond acceptors (Lipinski definition) is 3. The predicted molar refractivity (Wildman–Crippen MR) is 96.9 cm³/mol. The summed E-state index contributed by atoms with van der Waals surface area (Å²) in [5.74, 6) is 0.112. The summed E-state index contributed by atoms with van der Waals surface area (Å²) >= 11 is 0. The van der Waals surface area contributed by atoms with Crippen molar-refractivity contribution >= 4 is 5.78 Å². The van der Waals surface area contributed by atoms with Crippen molar-refractivity contribution in [3.63, 3.8) is 0 Å². The number of hydrogen-bond donors (Lipinski definition) is 1. The Morgan fingerprint density at radius 2 is 1.62 bits per heavy atom. The van der Waals surface area contributed by atoms with Gasteiger partial charge in [0.1, 0.15) is 0 Å². The molecule has 0 atom stereocenters. The molecule has 1 N–H and O–H groups in total. The second-order valence-electron chi connectivity index (χ2n) is 5.96. The Labute approximate surface area is 144 Å². The molecule has 0 heterocycles. The van der Waals surface area contributed by atoms with E-state index in [0.29, 0.717) is 17.9 Å². The van der Waals surface area contributed by atoms with Crippen LogP contribution in [0.1, 0.15) is 61.4 Å². The second kappa shape index (κ2) is 9.76. The van der Waals surface area contributed by atoms with Gasteiger partial charge in [-0.05, 0) is 18.6 Å². The summed E-state index contributed by atoms with van der Waals surface area (Å²) in [6.07, 6.45) is 7.10. The number of rotatable bonds is 10. The third-order valence-corrected chi connectivity index (χ3v) is 4.04. The minimum atomic E-state index is -0.196. The SMILES string of the molecule is CCCCCCCCOc1cccc(C(=O)c2ccccc2)c1O. The van der Waals surface area contributed by atoms with Crippen LogP contribution in [0.5, 0.6) is 11.5 Å². The number of ether oxygens (including phenoxy) is 1. The molecule has 0 aliphatic rings. The fraction of sp³-hybridized carbons (Fsp3) is 0.381. The normalized spacial score (nSPS) is 10.5. The lowest BCUT2D eigenvalue weighted by atomic mass is 10.0. The Balaban J connectivity index is 1.92. The van der Waals surface area contributed by atoms with E-state index in [4.69, 9.17) is 4.74 Å². The molecule has 0 radical (unpaired) electrons. The van der Waals surface area contributed by atoms with E-state index in [1.54, 1.807) is 30.3 Å². The standard InChI is InChI=1S/C21H26O3/c1-2-3-4-5-6-10-16-24-19-15-11-14-18(21(19)23)20(22)17-12-8-7-9-13-17/h7-9,11-15,23H,2-6,10,16H2,1H3. The number of carbonyl (C=O) groups excluding carboxylic acids is 1. The minimum Gasteiger partial charge on any atom is -0.504 e. The number of ketones is 1. The summed E-state index contributed by atoms with van der Waals surface area (Å²) < 4.78 is 5.67. The Morgan fingerprint density at radius 3 is 2.38 bits per heavy atom.